The first-order valence-electron chi connectivity index (χ1n) is 9.51. The third kappa shape index (κ3) is 3.49. The SMILES string of the molecule is CC(C)(C)c1cc(-c2nnc(-c3ccc4c(c3)OCO4)o2)cc(C(C)(C)C)c1. The van der Waals surface area contributed by atoms with Gasteiger partial charge in [0, 0.05) is 11.1 Å². The lowest BCUT2D eigenvalue weighted by atomic mass is 9.79. The zero-order valence-corrected chi connectivity index (χ0v) is 17.3. The standard InChI is InChI=1S/C23H26N2O3/c1-22(2,3)16-9-15(10-17(12-16)23(4,5)6)21-25-24-20(28-21)14-7-8-18-19(11-14)27-13-26-18/h7-12H,13H2,1-6H3. The van der Waals surface area contributed by atoms with Crippen molar-refractivity contribution < 1.29 is 13.9 Å². The molecule has 3 aromatic rings. The van der Waals surface area contributed by atoms with E-state index in [-0.39, 0.29) is 17.6 Å². The Kier molecular flexibility index (Phi) is 4.21. The zero-order chi connectivity index (χ0) is 20.1. The Bertz CT molecular complexity index is 991. The molecule has 5 nitrogen and oxygen atoms in total. The highest BCUT2D eigenvalue weighted by molar-refractivity contribution is 5.63. The van der Waals surface area contributed by atoms with E-state index in [1.165, 1.54) is 11.1 Å². The molecule has 0 atom stereocenters. The summed E-state index contributed by atoms with van der Waals surface area (Å²) in [5.41, 5.74) is 4.30. The summed E-state index contributed by atoms with van der Waals surface area (Å²) in [5.74, 6) is 2.41. The number of benzene rings is 2. The Morgan fingerprint density at radius 3 is 1.86 bits per heavy atom. The molecule has 0 saturated carbocycles. The summed E-state index contributed by atoms with van der Waals surface area (Å²) in [4.78, 5) is 0. The van der Waals surface area contributed by atoms with E-state index in [1.807, 2.05) is 18.2 Å². The minimum Gasteiger partial charge on any atom is -0.454 e. The Labute approximate surface area is 165 Å². The van der Waals surface area contributed by atoms with Crippen LogP contribution in [0.2, 0.25) is 0 Å². The second-order valence-electron chi connectivity index (χ2n) is 9.28. The van der Waals surface area contributed by atoms with Gasteiger partial charge >= 0.3 is 0 Å². The van der Waals surface area contributed by atoms with E-state index in [0.29, 0.717) is 17.5 Å². The molecule has 0 aliphatic carbocycles. The van der Waals surface area contributed by atoms with Crippen molar-refractivity contribution in [1.29, 1.82) is 0 Å². The predicted octanol–water partition coefficient (Wildman–Crippen LogP) is 5.73. The van der Waals surface area contributed by atoms with Crippen LogP contribution in [0.25, 0.3) is 22.9 Å². The molecule has 2 heterocycles. The molecule has 2 aromatic carbocycles. The first-order valence-corrected chi connectivity index (χ1v) is 9.51. The highest BCUT2D eigenvalue weighted by atomic mass is 16.7. The van der Waals surface area contributed by atoms with Gasteiger partial charge in [0.2, 0.25) is 18.6 Å². The molecule has 0 spiro atoms. The Balaban J connectivity index is 1.76. The van der Waals surface area contributed by atoms with Crippen LogP contribution in [-0.4, -0.2) is 17.0 Å². The monoisotopic (exact) mass is 378 g/mol. The average molecular weight is 378 g/mol. The van der Waals surface area contributed by atoms with E-state index < -0.39 is 0 Å². The number of nitrogens with zero attached hydrogens (tertiary/aromatic N) is 2. The largest absolute Gasteiger partial charge is 0.454 e. The third-order valence-corrected chi connectivity index (χ3v) is 4.96. The van der Waals surface area contributed by atoms with Gasteiger partial charge < -0.3 is 13.9 Å². The second kappa shape index (κ2) is 6.36. The van der Waals surface area contributed by atoms with Gasteiger partial charge in [-0.2, -0.15) is 0 Å². The summed E-state index contributed by atoms with van der Waals surface area (Å²) in [6, 6.07) is 12.2. The molecule has 0 radical (unpaired) electrons. The third-order valence-electron chi connectivity index (χ3n) is 4.96. The van der Waals surface area contributed by atoms with Crippen LogP contribution < -0.4 is 9.47 Å². The van der Waals surface area contributed by atoms with Crippen molar-refractivity contribution in [2.24, 2.45) is 0 Å². The summed E-state index contributed by atoms with van der Waals surface area (Å²) < 4.78 is 16.8. The molecule has 4 rings (SSSR count). The van der Waals surface area contributed by atoms with Crippen LogP contribution in [0.1, 0.15) is 52.7 Å². The maximum atomic E-state index is 6.03. The van der Waals surface area contributed by atoms with Crippen LogP contribution in [0.4, 0.5) is 0 Å². The number of rotatable bonds is 2. The van der Waals surface area contributed by atoms with Crippen LogP contribution in [0.3, 0.4) is 0 Å². The van der Waals surface area contributed by atoms with Crippen molar-refractivity contribution >= 4 is 0 Å². The van der Waals surface area contributed by atoms with E-state index in [1.54, 1.807) is 0 Å². The normalized spacial score (nSPS) is 13.8. The summed E-state index contributed by atoms with van der Waals surface area (Å²) in [6.07, 6.45) is 0. The number of ether oxygens (including phenoxy) is 2. The van der Waals surface area contributed by atoms with Crippen molar-refractivity contribution in [2.45, 2.75) is 52.4 Å². The highest BCUT2D eigenvalue weighted by Gasteiger charge is 2.23. The molecule has 0 fully saturated rings. The lowest BCUT2D eigenvalue weighted by Crippen LogP contribution is -2.16. The highest BCUT2D eigenvalue weighted by Crippen LogP contribution is 2.37. The first-order chi connectivity index (χ1) is 13.1. The quantitative estimate of drug-likeness (QED) is 0.570. The maximum Gasteiger partial charge on any atom is 0.248 e. The van der Waals surface area contributed by atoms with Gasteiger partial charge in [0.15, 0.2) is 11.5 Å². The predicted molar refractivity (Wildman–Crippen MR) is 109 cm³/mol. The Morgan fingerprint density at radius 1 is 0.679 bits per heavy atom. The summed E-state index contributed by atoms with van der Waals surface area (Å²) >= 11 is 0. The van der Waals surface area contributed by atoms with Crippen LogP contribution >= 0.6 is 0 Å². The van der Waals surface area contributed by atoms with E-state index in [9.17, 15) is 0 Å². The minimum absolute atomic E-state index is 0.0240. The molecular weight excluding hydrogens is 352 g/mol. The fourth-order valence-electron chi connectivity index (χ4n) is 3.10. The molecule has 0 saturated heterocycles. The van der Waals surface area contributed by atoms with Gasteiger partial charge in [-0.1, -0.05) is 47.6 Å². The van der Waals surface area contributed by atoms with Crippen molar-refractivity contribution in [3.05, 3.63) is 47.5 Å². The maximum absolute atomic E-state index is 6.03. The Morgan fingerprint density at radius 2 is 1.25 bits per heavy atom. The van der Waals surface area contributed by atoms with Crippen LogP contribution in [-0.2, 0) is 10.8 Å². The van der Waals surface area contributed by atoms with Gasteiger partial charge in [-0.15, -0.1) is 10.2 Å². The topological polar surface area (TPSA) is 57.4 Å². The van der Waals surface area contributed by atoms with Crippen LogP contribution in [0.15, 0.2) is 40.8 Å². The molecule has 1 aliphatic heterocycles. The van der Waals surface area contributed by atoms with Gasteiger partial charge in [-0.05, 0) is 52.3 Å². The van der Waals surface area contributed by atoms with Crippen molar-refractivity contribution in [3.63, 3.8) is 0 Å². The van der Waals surface area contributed by atoms with Gasteiger partial charge in [0.1, 0.15) is 0 Å². The van der Waals surface area contributed by atoms with Crippen LogP contribution in [0, 0.1) is 0 Å². The molecular formula is C23H26N2O3. The molecule has 0 amide bonds. The smallest absolute Gasteiger partial charge is 0.248 e. The van der Waals surface area contributed by atoms with Crippen LogP contribution in [0.5, 0.6) is 11.5 Å². The number of aromatic nitrogens is 2. The first kappa shape index (κ1) is 18.5. The van der Waals surface area contributed by atoms with Gasteiger partial charge in [0.05, 0.1) is 0 Å². The van der Waals surface area contributed by atoms with E-state index in [4.69, 9.17) is 13.9 Å². The van der Waals surface area contributed by atoms with Crippen molar-refractivity contribution in [2.75, 3.05) is 6.79 Å². The summed E-state index contributed by atoms with van der Waals surface area (Å²) in [5, 5.41) is 8.57. The fraction of sp³-hybridized carbons (Fsp3) is 0.391. The van der Waals surface area contributed by atoms with Crippen molar-refractivity contribution in [3.8, 4) is 34.4 Å². The van der Waals surface area contributed by atoms with Gasteiger partial charge in [0.25, 0.3) is 0 Å². The number of hydrogen-bond donors (Lipinski definition) is 0. The molecule has 28 heavy (non-hydrogen) atoms. The van der Waals surface area contributed by atoms with Gasteiger partial charge in [-0.25, -0.2) is 0 Å². The fourth-order valence-corrected chi connectivity index (χ4v) is 3.10. The van der Waals surface area contributed by atoms with Crippen molar-refractivity contribution in [1.82, 2.24) is 10.2 Å². The van der Waals surface area contributed by atoms with E-state index in [0.717, 1.165) is 16.9 Å². The molecule has 1 aromatic heterocycles. The second-order valence-corrected chi connectivity index (χ2v) is 9.28. The lowest BCUT2D eigenvalue weighted by molar-refractivity contribution is 0.174. The molecule has 146 valence electrons. The molecule has 1 aliphatic rings. The zero-order valence-electron chi connectivity index (χ0n) is 17.3. The molecule has 5 heteroatoms. The minimum atomic E-state index is 0.0240. The lowest BCUT2D eigenvalue weighted by Gasteiger charge is -2.25. The van der Waals surface area contributed by atoms with E-state index >= 15 is 0 Å². The Hall–Kier alpha value is -2.82. The number of hydrogen-bond acceptors (Lipinski definition) is 5. The molecule has 0 bridgehead atoms. The average Bonchev–Trinajstić information content (AvgIpc) is 3.28. The van der Waals surface area contributed by atoms with E-state index in [2.05, 4.69) is 69.9 Å². The molecule has 0 N–H and O–H groups in total. The summed E-state index contributed by atoms with van der Waals surface area (Å²) in [6.45, 7) is 13.5. The number of fused-ring (bicyclic) bond motifs is 1. The molecule has 0 unspecified atom stereocenters. The summed E-state index contributed by atoms with van der Waals surface area (Å²) in [7, 11) is 0. The van der Waals surface area contributed by atoms with Gasteiger partial charge in [-0.3, -0.25) is 0 Å².